The minimum Gasteiger partial charge on any atom is -0.481 e. The summed E-state index contributed by atoms with van der Waals surface area (Å²) in [4.78, 5) is 23.4. The maximum Gasteiger partial charge on any atom is 0.307 e. The number of nitrogens with one attached hydrogen (secondary N) is 1. The number of carbonyl (C=O) groups is 2. The van der Waals surface area contributed by atoms with E-state index in [-0.39, 0.29) is 17.9 Å². The Morgan fingerprint density at radius 3 is 2.37 bits per heavy atom. The van der Waals surface area contributed by atoms with Crippen LogP contribution in [0.3, 0.4) is 0 Å². The van der Waals surface area contributed by atoms with E-state index in [2.05, 4.69) is 5.32 Å². The fraction of sp³-hybridized carbons (Fsp3) is 0.857. The topological polar surface area (TPSA) is 86.6 Å². The summed E-state index contributed by atoms with van der Waals surface area (Å²) in [5.41, 5.74) is 0. The van der Waals surface area contributed by atoms with E-state index in [1.165, 1.54) is 0 Å². The van der Waals surface area contributed by atoms with Gasteiger partial charge in [0.25, 0.3) is 0 Å². The Hall–Kier alpha value is -1.10. The van der Waals surface area contributed by atoms with Gasteiger partial charge in [-0.3, -0.25) is 9.59 Å². The Morgan fingerprint density at radius 2 is 1.74 bits per heavy atom. The van der Waals surface area contributed by atoms with Crippen LogP contribution in [-0.2, 0) is 9.59 Å². The number of aliphatic hydroxyl groups excluding tert-OH is 1. The van der Waals surface area contributed by atoms with Crippen molar-refractivity contribution < 1.29 is 19.8 Å². The van der Waals surface area contributed by atoms with E-state index in [4.69, 9.17) is 0 Å². The molecule has 0 heterocycles. The van der Waals surface area contributed by atoms with E-state index in [1.807, 2.05) is 6.92 Å². The molecule has 0 aromatic rings. The number of rotatable bonds is 3. The lowest BCUT2D eigenvalue weighted by molar-refractivity contribution is -0.146. The van der Waals surface area contributed by atoms with Crippen molar-refractivity contribution in [2.45, 2.75) is 57.6 Å². The first kappa shape index (κ1) is 14.3. The summed E-state index contributed by atoms with van der Waals surface area (Å²) in [5, 5.41) is 21.9. The molecule has 1 amide bonds. The first-order valence-electron chi connectivity index (χ1n) is 7.20. The fourth-order valence-corrected chi connectivity index (χ4v) is 3.42. The molecule has 2 saturated carbocycles. The van der Waals surface area contributed by atoms with Crippen LogP contribution in [-0.4, -0.2) is 34.2 Å². The van der Waals surface area contributed by atoms with Crippen molar-refractivity contribution in [2.75, 3.05) is 0 Å². The zero-order valence-electron chi connectivity index (χ0n) is 11.3. The summed E-state index contributed by atoms with van der Waals surface area (Å²) >= 11 is 0. The largest absolute Gasteiger partial charge is 0.481 e. The van der Waals surface area contributed by atoms with Crippen LogP contribution in [0.2, 0.25) is 0 Å². The lowest BCUT2D eigenvalue weighted by Crippen LogP contribution is -2.48. The molecule has 2 fully saturated rings. The molecule has 2 rings (SSSR count). The highest BCUT2D eigenvalue weighted by Gasteiger charge is 2.42. The van der Waals surface area contributed by atoms with Crippen molar-refractivity contribution in [3.8, 4) is 0 Å². The van der Waals surface area contributed by atoms with Crippen LogP contribution in [0.25, 0.3) is 0 Å². The van der Waals surface area contributed by atoms with E-state index in [1.54, 1.807) is 0 Å². The van der Waals surface area contributed by atoms with Crippen LogP contribution in [0.5, 0.6) is 0 Å². The van der Waals surface area contributed by atoms with E-state index in [0.29, 0.717) is 19.3 Å². The van der Waals surface area contributed by atoms with Gasteiger partial charge in [0, 0.05) is 0 Å². The average Bonchev–Trinajstić information content (AvgIpc) is 2.74. The highest BCUT2D eigenvalue weighted by molar-refractivity contribution is 5.85. The molecular weight excluding hydrogens is 246 g/mol. The molecule has 0 bridgehead atoms. The monoisotopic (exact) mass is 269 g/mol. The van der Waals surface area contributed by atoms with Crippen molar-refractivity contribution in [3.05, 3.63) is 0 Å². The third kappa shape index (κ3) is 3.26. The summed E-state index contributed by atoms with van der Waals surface area (Å²) < 4.78 is 0. The van der Waals surface area contributed by atoms with Gasteiger partial charge in [-0.25, -0.2) is 0 Å². The third-order valence-electron chi connectivity index (χ3n) is 4.51. The fourth-order valence-electron chi connectivity index (χ4n) is 3.42. The van der Waals surface area contributed by atoms with Crippen LogP contribution < -0.4 is 5.32 Å². The molecule has 2 aliphatic carbocycles. The zero-order valence-corrected chi connectivity index (χ0v) is 11.3. The Kier molecular flexibility index (Phi) is 4.45. The van der Waals surface area contributed by atoms with E-state index in [9.17, 15) is 19.8 Å². The van der Waals surface area contributed by atoms with Crippen LogP contribution in [0.15, 0.2) is 0 Å². The summed E-state index contributed by atoms with van der Waals surface area (Å²) in [6, 6.07) is -0.202. The number of hydrogen-bond donors (Lipinski definition) is 3. The molecular formula is C14H23NO4. The lowest BCUT2D eigenvalue weighted by Gasteiger charge is -2.29. The van der Waals surface area contributed by atoms with Crippen molar-refractivity contribution >= 4 is 11.9 Å². The molecule has 5 nitrogen and oxygen atoms in total. The second-order valence-electron chi connectivity index (χ2n) is 6.09. The summed E-state index contributed by atoms with van der Waals surface area (Å²) in [5.74, 6) is -1.82. The van der Waals surface area contributed by atoms with Crippen LogP contribution in [0, 0.1) is 17.8 Å². The number of carboxylic acid groups (broad SMARTS) is 1. The average molecular weight is 269 g/mol. The molecule has 19 heavy (non-hydrogen) atoms. The van der Waals surface area contributed by atoms with Gasteiger partial charge in [-0.05, 0) is 31.6 Å². The highest BCUT2D eigenvalue weighted by Crippen LogP contribution is 2.36. The lowest BCUT2D eigenvalue weighted by atomic mass is 9.90. The summed E-state index contributed by atoms with van der Waals surface area (Å²) in [6.07, 6.45) is 4.21. The van der Waals surface area contributed by atoms with Gasteiger partial charge in [-0.2, -0.15) is 0 Å². The Labute approximate surface area is 113 Å². The van der Waals surface area contributed by atoms with Crippen LogP contribution in [0.1, 0.15) is 45.4 Å². The standard InChI is InChI=1S/C14H23NO4/c1-8-6-9(10(7-8)14(18)19)13(17)15-11-4-2-3-5-12(11)16/h8-12,16H,2-7H2,1H3,(H,15,17)(H,18,19)/t8?,9-,10+,11-,12-/m0/s1. The van der Waals surface area contributed by atoms with E-state index < -0.39 is 23.9 Å². The molecule has 5 heteroatoms. The minimum atomic E-state index is -0.881. The van der Waals surface area contributed by atoms with Gasteiger partial charge in [0.15, 0.2) is 0 Å². The van der Waals surface area contributed by atoms with Gasteiger partial charge in [-0.1, -0.05) is 19.8 Å². The number of aliphatic hydroxyl groups is 1. The molecule has 108 valence electrons. The maximum atomic E-state index is 12.2. The van der Waals surface area contributed by atoms with E-state index in [0.717, 1.165) is 19.3 Å². The Morgan fingerprint density at radius 1 is 1.11 bits per heavy atom. The predicted molar refractivity (Wildman–Crippen MR) is 69.4 cm³/mol. The molecule has 0 aliphatic heterocycles. The third-order valence-corrected chi connectivity index (χ3v) is 4.51. The first-order chi connectivity index (χ1) is 8.99. The smallest absolute Gasteiger partial charge is 0.307 e. The van der Waals surface area contributed by atoms with Gasteiger partial charge >= 0.3 is 5.97 Å². The second kappa shape index (κ2) is 5.90. The number of carbonyl (C=O) groups excluding carboxylic acids is 1. The van der Waals surface area contributed by atoms with E-state index >= 15 is 0 Å². The van der Waals surface area contributed by atoms with Crippen LogP contribution >= 0.6 is 0 Å². The normalized spacial score (nSPS) is 38.9. The molecule has 3 N–H and O–H groups in total. The molecule has 2 aliphatic rings. The number of carboxylic acids is 1. The second-order valence-corrected chi connectivity index (χ2v) is 6.09. The number of aliphatic carboxylic acids is 1. The van der Waals surface area contributed by atoms with Crippen molar-refractivity contribution in [1.29, 1.82) is 0 Å². The Balaban J connectivity index is 1.96. The van der Waals surface area contributed by atoms with Gasteiger partial charge in [0.1, 0.15) is 0 Å². The zero-order chi connectivity index (χ0) is 14.0. The molecule has 0 aromatic carbocycles. The molecule has 5 atom stereocenters. The first-order valence-corrected chi connectivity index (χ1v) is 7.20. The summed E-state index contributed by atoms with van der Waals surface area (Å²) in [6.45, 7) is 1.98. The van der Waals surface area contributed by atoms with Crippen molar-refractivity contribution in [1.82, 2.24) is 5.32 Å². The molecule has 1 unspecified atom stereocenters. The van der Waals surface area contributed by atoms with Gasteiger partial charge in [-0.15, -0.1) is 0 Å². The number of amides is 1. The Bertz CT molecular complexity index is 357. The van der Waals surface area contributed by atoms with Gasteiger partial charge in [0.05, 0.1) is 24.0 Å². The number of hydrogen-bond acceptors (Lipinski definition) is 3. The summed E-state index contributed by atoms with van der Waals surface area (Å²) in [7, 11) is 0. The van der Waals surface area contributed by atoms with Crippen molar-refractivity contribution in [3.63, 3.8) is 0 Å². The predicted octanol–water partition coefficient (Wildman–Crippen LogP) is 1.15. The molecule has 0 radical (unpaired) electrons. The quantitative estimate of drug-likeness (QED) is 0.717. The van der Waals surface area contributed by atoms with Gasteiger partial charge < -0.3 is 15.5 Å². The highest BCUT2D eigenvalue weighted by atomic mass is 16.4. The maximum absolute atomic E-state index is 12.2. The minimum absolute atomic E-state index is 0.192. The van der Waals surface area contributed by atoms with Crippen molar-refractivity contribution in [2.24, 2.45) is 17.8 Å². The molecule has 0 spiro atoms. The van der Waals surface area contributed by atoms with Crippen LogP contribution in [0.4, 0.5) is 0 Å². The molecule has 0 saturated heterocycles. The SMILES string of the molecule is CC1C[C@H](C(=O)N[C@H]2CCCC[C@@H]2O)[C@H](C(=O)O)C1. The molecule has 0 aromatic heterocycles. The van der Waals surface area contributed by atoms with Gasteiger partial charge in [0.2, 0.25) is 5.91 Å².